The summed E-state index contributed by atoms with van der Waals surface area (Å²) in [6.07, 6.45) is 0.971. The summed E-state index contributed by atoms with van der Waals surface area (Å²) in [6.45, 7) is 4.27. The molecule has 0 heterocycles. The number of nitrogens with one attached hydrogen (secondary N) is 1. The number of benzene rings is 2. The molecular weight excluding hydrogens is 317 g/mol. The van der Waals surface area contributed by atoms with Gasteiger partial charge in [-0.15, -0.1) is 0 Å². The van der Waals surface area contributed by atoms with Crippen molar-refractivity contribution in [3.8, 4) is 0 Å². The molecular formula is C17H19BrFN. The maximum atomic E-state index is 12.9. The average Bonchev–Trinajstić information content (AvgIpc) is 2.42. The first kappa shape index (κ1) is 15.2. The van der Waals surface area contributed by atoms with Gasteiger partial charge in [-0.3, -0.25) is 0 Å². The minimum Gasteiger partial charge on any atom is -0.307 e. The van der Waals surface area contributed by atoms with Crippen LogP contribution in [0, 0.1) is 5.82 Å². The lowest BCUT2D eigenvalue weighted by molar-refractivity contribution is 0.476. The van der Waals surface area contributed by atoms with Crippen molar-refractivity contribution in [2.24, 2.45) is 0 Å². The van der Waals surface area contributed by atoms with E-state index in [1.807, 2.05) is 12.1 Å². The highest BCUT2D eigenvalue weighted by atomic mass is 79.9. The first-order valence-corrected chi connectivity index (χ1v) is 7.60. The molecule has 3 heteroatoms. The standard InChI is InChI=1S/C17H19BrFN/c1-12(11-14-3-7-16(18)8-4-14)20-13(2)15-5-9-17(19)10-6-15/h3-10,12-13,20H,11H2,1-2H3. The fraction of sp³-hybridized carbons (Fsp3) is 0.294. The Morgan fingerprint density at radius 1 is 1.00 bits per heavy atom. The van der Waals surface area contributed by atoms with Crippen LogP contribution in [-0.2, 0) is 6.42 Å². The largest absolute Gasteiger partial charge is 0.307 e. The van der Waals surface area contributed by atoms with Gasteiger partial charge in [0.2, 0.25) is 0 Å². The number of halogens is 2. The fourth-order valence-electron chi connectivity index (χ4n) is 2.31. The van der Waals surface area contributed by atoms with Gasteiger partial charge in [-0.25, -0.2) is 4.39 Å². The highest BCUT2D eigenvalue weighted by molar-refractivity contribution is 9.10. The summed E-state index contributed by atoms with van der Waals surface area (Å²) in [5.74, 6) is -0.191. The highest BCUT2D eigenvalue weighted by Gasteiger charge is 2.10. The second kappa shape index (κ2) is 7.00. The van der Waals surface area contributed by atoms with Gasteiger partial charge in [0.25, 0.3) is 0 Å². The lowest BCUT2D eigenvalue weighted by Crippen LogP contribution is -2.30. The molecule has 0 fully saturated rings. The second-order valence-electron chi connectivity index (χ2n) is 5.17. The molecule has 0 aromatic heterocycles. The smallest absolute Gasteiger partial charge is 0.123 e. The van der Waals surface area contributed by atoms with E-state index in [0.717, 1.165) is 16.5 Å². The zero-order valence-electron chi connectivity index (χ0n) is 11.7. The summed E-state index contributed by atoms with van der Waals surface area (Å²) in [5.41, 5.74) is 2.41. The molecule has 0 aliphatic rings. The van der Waals surface area contributed by atoms with Crippen molar-refractivity contribution in [1.29, 1.82) is 0 Å². The molecule has 2 aromatic carbocycles. The van der Waals surface area contributed by atoms with Crippen molar-refractivity contribution < 1.29 is 4.39 Å². The molecule has 106 valence electrons. The molecule has 1 N–H and O–H groups in total. The fourth-order valence-corrected chi connectivity index (χ4v) is 2.57. The number of rotatable bonds is 5. The summed E-state index contributed by atoms with van der Waals surface area (Å²) in [4.78, 5) is 0. The minimum atomic E-state index is -0.191. The molecule has 2 aromatic rings. The Bertz CT molecular complexity index is 536. The third kappa shape index (κ3) is 4.43. The van der Waals surface area contributed by atoms with Gasteiger partial charge >= 0.3 is 0 Å². The van der Waals surface area contributed by atoms with Crippen molar-refractivity contribution in [2.45, 2.75) is 32.4 Å². The molecule has 0 spiro atoms. The molecule has 2 unspecified atom stereocenters. The Kier molecular flexibility index (Phi) is 5.32. The molecule has 0 aliphatic heterocycles. The van der Waals surface area contributed by atoms with E-state index in [1.54, 1.807) is 0 Å². The normalized spacial score (nSPS) is 14.0. The predicted octanol–water partition coefficient (Wildman–Crippen LogP) is 4.87. The van der Waals surface area contributed by atoms with Crippen LogP contribution in [0.3, 0.4) is 0 Å². The molecule has 20 heavy (non-hydrogen) atoms. The van der Waals surface area contributed by atoms with Gasteiger partial charge in [-0.2, -0.15) is 0 Å². The molecule has 1 nitrogen and oxygen atoms in total. The van der Waals surface area contributed by atoms with Crippen LogP contribution in [0.4, 0.5) is 4.39 Å². The van der Waals surface area contributed by atoms with Crippen LogP contribution in [0.5, 0.6) is 0 Å². The summed E-state index contributed by atoms with van der Waals surface area (Å²) in [5, 5.41) is 3.54. The van der Waals surface area contributed by atoms with Crippen molar-refractivity contribution in [1.82, 2.24) is 5.32 Å². The highest BCUT2D eigenvalue weighted by Crippen LogP contribution is 2.16. The molecule has 0 aliphatic carbocycles. The van der Waals surface area contributed by atoms with E-state index >= 15 is 0 Å². The van der Waals surface area contributed by atoms with E-state index in [2.05, 4.69) is 59.4 Å². The maximum absolute atomic E-state index is 12.9. The quantitative estimate of drug-likeness (QED) is 0.821. The molecule has 2 atom stereocenters. The van der Waals surface area contributed by atoms with Crippen LogP contribution in [0.1, 0.15) is 31.0 Å². The molecule has 2 rings (SSSR count). The molecule has 0 saturated carbocycles. The Balaban J connectivity index is 1.92. The Morgan fingerprint density at radius 3 is 2.20 bits per heavy atom. The Labute approximate surface area is 128 Å². The Morgan fingerprint density at radius 2 is 1.60 bits per heavy atom. The molecule has 0 saturated heterocycles. The van der Waals surface area contributed by atoms with E-state index in [9.17, 15) is 4.39 Å². The van der Waals surface area contributed by atoms with E-state index in [1.165, 1.54) is 17.7 Å². The summed E-state index contributed by atoms with van der Waals surface area (Å²) < 4.78 is 14.0. The predicted molar refractivity (Wildman–Crippen MR) is 85.3 cm³/mol. The third-order valence-corrected chi connectivity index (χ3v) is 3.89. The zero-order chi connectivity index (χ0) is 14.5. The zero-order valence-corrected chi connectivity index (χ0v) is 13.3. The van der Waals surface area contributed by atoms with Crippen molar-refractivity contribution in [3.63, 3.8) is 0 Å². The summed E-state index contributed by atoms with van der Waals surface area (Å²) >= 11 is 3.44. The van der Waals surface area contributed by atoms with E-state index in [4.69, 9.17) is 0 Å². The van der Waals surface area contributed by atoms with Gasteiger partial charge < -0.3 is 5.32 Å². The third-order valence-electron chi connectivity index (χ3n) is 3.36. The number of hydrogen-bond donors (Lipinski definition) is 1. The van der Waals surface area contributed by atoms with Crippen LogP contribution in [0.15, 0.2) is 53.0 Å². The van der Waals surface area contributed by atoms with Crippen LogP contribution in [0.25, 0.3) is 0 Å². The minimum absolute atomic E-state index is 0.191. The van der Waals surface area contributed by atoms with Crippen LogP contribution < -0.4 is 5.32 Å². The lowest BCUT2D eigenvalue weighted by Gasteiger charge is -2.20. The van der Waals surface area contributed by atoms with Crippen LogP contribution >= 0.6 is 15.9 Å². The summed E-state index contributed by atoms with van der Waals surface area (Å²) in [7, 11) is 0. The maximum Gasteiger partial charge on any atom is 0.123 e. The SMILES string of the molecule is CC(Cc1ccc(Br)cc1)NC(C)c1ccc(F)cc1. The van der Waals surface area contributed by atoms with E-state index in [0.29, 0.717) is 6.04 Å². The van der Waals surface area contributed by atoms with Gasteiger partial charge in [0.05, 0.1) is 0 Å². The van der Waals surface area contributed by atoms with Crippen LogP contribution in [-0.4, -0.2) is 6.04 Å². The summed E-state index contributed by atoms with van der Waals surface area (Å²) in [6, 6.07) is 15.6. The van der Waals surface area contributed by atoms with E-state index < -0.39 is 0 Å². The van der Waals surface area contributed by atoms with Crippen molar-refractivity contribution in [2.75, 3.05) is 0 Å². The first-order valence-electron chi connectivity index (χ1n) is 6.80. The van der Waals surface area contributed by atoms with Gasteiger partial charge in [0.15, 0.2) is 0 Å². The van der Waals surface area contributed by atoms with Crippen molar-refractivity contribution in [3.05, 3.63) is 69.9 Å². The molecule has 0 bridgehead atoms. The number of hydrogen-bond acceptors (Lipinski definition) is 1. The molecule has 0 radical (unpaired) electrons. The topological polar surface area (TPSA) is 12.0 Å². The van der Waals surface area contributed by atoms with E-state index in [-0.39, 0.29) is 11.9 Å². The van der Waals surface area contributed by atoms with Gasteiger partial charge in [-0.1, -0.05) is 40.2 Å². The first-order chi connectivity index (χ1) is 9.54. The second-order valence-corrected chi connectivity index (χ2v) is 6.09. The monoisotopic (exact) mass is 335 g/mol. The van der Waals surface area contributed by atoms with Gasteiger partial charge in [0.1, 0.15) is 5.82 Å². The van der Waals surface area contributed by atoms with Crippen molar-refractivity contribution >= 4 is 15.9 Å². The van der Waals surface area contributed by atoms with Gasteiger partial charge in [0, 0.05) is 16.6 Å². The van der Waals surface area contributed by atoms with Crippen LogP contribution in [0.2, 0.25) is 0 Å². The Hall–Kier alpha value is -1.19. The lowest BCUT2D eigenvalue weighted by atomic mass is 10.0. The average molecular weight is 336 g/mol. The molecule has 0 amide bonds. The van der Waals surface area contributed by atoms with Gasteiger partial charge in [-0.05, 0) is 55.7 Å².